The molecule has 23 heteroatoms. The first-order valence-electron chi connectivity index (χ1n) is 27.5. The van der Waals surface area contributed by atoms with Crippen molar-refractivity contribution in [1.82, 2.24) is 52.5 Å². The number of para-hydroxylation sites is 2. The van der Waals surface area contributed by atoms with Gasteiger partial charge < -0.3 is 69.7 Å². The minimum atomic E-state index is -1.52. The van der Waals surface area contributed by atoms with E-state index in [1.165, 1.54) is 0 Å². The highest BCUT2D eigenvalue weighted by molar-refractivity contribution is 5.99. The predicted molar refractivity (Wildman–Crippen MR) is 304 cm³/mol. The Bertz CT molecular complexity index is 3020. The lowest BCUT2D eigenvalue weighted by Crippen LogP contribution is -2.61. The third-order valence-electron chi connectivity index (χ3n) is 14.1. The highest BCUT2D eigenvalue weighted by atomic mass is 16.2. The summed E-state index contributed by atoms with van der Waals surface area (Å²) in [5, 5.41) is 23.8. The van der Waals surface area contributed by atoms with Gasteiger partial charge in [0.1, 0.15) is 42.3 Å². The summed E-state index contributed by atoms with van der Waals surface area (Å²) in [5.41, 5.74) is 20.0. The van der Waals surface area contributed by atoms with E-state index in [2.05, 4.69) is 52.5 Å². The number of carbonyl (C=O) groups is 10. The number of hydrogen-bond donors (Lipinski definition) is 13. The lowest BCUT2D eigenvalue weighted by atomic mass is 9.98. The second-order valence-corrected chi connectivity index (χ2v) is 21.6. The number of nitrogens with two attached hydrogens (primary N) is 3. The Kier molecular flexibility index (Phi) is 22.5. The number of fused-ring (bicyclic) bond motifs is 2. The van der Waals surface area contributed by atoms with E-state index < -0.39 is 107 Å². The molecule has 10 amide bonds. The summed E-state index contributed by atoms with van der Waals surface area (Å²) in [6.07, 6.45) is 3.45. The molecule has 3 aromatic carbocycles. The van der Waals surface area contributed by atoms with Crippen LogP contribution in [0.2, 0.25) is 0 Å². The number of rotatable bonds is 31. The normalized spacial score (nSPS) is 15.8. The maximum atomic E-state index is 15.1. The molecule has 3 heterocycles. The molecular formula is C58H77N13O10. The van der Waals surface area contributed by atoms with Crippen LogP contribution in [0.1, 0.15) is 95.8 Å². The van der Waals surface area contributed by atoms with E-state index in [9.17, 15) is 38.4 Å². The standard InChI is InChI=1S/C58H77N13O10/c1-32(2)25-44(51(61)74)67-55(78)45(26-33(3)4)68-57(80)48(29-36-31-64-40-18-11-9-16-38(36)40)71-56(79)46(27-34-13-6-5-7-14-34)69-58(81)47(28-35-30-63-39-17-10-8-15-37(35)39)70-54(77)43(21-23-50(60)73)66-53(76)42(20-22-49(59)72)65-52(75)41-19-12-24-62-41/h5-11,13-18,30-33,41-48,62-64H,12,19-29H2,1-4H3,(H2,59,72)(H2,60,73)(H2,61,74)(H,65,75)(H,66,76)(H,67,78)(H,68,80)(H,69,81)(H,70,77)(H,71,79)/t41-,42+,43+,44+,45+,46+,47-,48-/m1/s1. The van der Waals surface area contributed by atoms with Crippen LogP contribution >= 0.6 is 0 Å². The van der Waals surface area contributed by atoms with Crippen molar-refractivity contribution in [2.45, 2.75) is 147 Å². The number of aromatic amines is 2. The minimum absolute atomic E-state index is 0.000753. The summed E-state index contributed by atoms with van der Waals surface area (Å²) in [5.74, 6) is -7.71. The molecule has 0 spiro atoms. The van der Waals surface area contributed by atoms with Crippen molar-refractivity contribution in [3.8, 4) is 0 Å². The average molecular weight is 1120 g/mol. The number of H-pyrrole nitrogens is 2. The number of benzene rings is 3. The van der Waals surface area contributed by atoms with Gasteiger partial charge in [-0.1, -0.05) is 94.4 Å². The van der Waals surface area contributed by atoms with Crippen LogP contribution in [-0.4, -0.2) is 124 Å². The maximum Gasteiger partial charge on any atom is 0.243 e. The van der Waals surface area contributed by atoms with E-state index in [0.29, 0.717) is 35.0 Å². The molecule has 1 aliphatic rings. The Morgan fingerprint density at radius 1 is 0.481 bits per heavy atom. The second-order valence-electron chi connectivity index (χ2n) is 21.6. The van der Waals surface area contributed by atoms with E-state index >= 15 is 9.59 Å². The van der Waals surface area contributed by atoms with Gasteiger partial charge in [0.2, 0.25) is 59.1 Å². The zero-order valence-corrected chi connectivity index (χ0v) is 46.2. The largest absolute Gasteiger partial charge is 0.370 e. The predicted octanol–water partition coefficient (Wildman–Crippen LogP) is 0.931. The molecule has 0 unspecified atom stereocenters. The molecule has 81 heavy (non-hydrogen) atoms. The lowest BCUT2D eigenvalue weighted by Gasteiger charge is -2.28. The van der Waals surface area contributed by atoms with Crippen LogP contribution in [0.5, 0.6) is 0 Å². The van der Waals surface area contributed by atoms with Gasteiger partial charge in [0, 0.05) is 66.3 Å². The smallest absolute Gasteiger partial charge is 0.243 e. The van der Waals surface area contributed by atoms with Crippen molar-refractivity contribution < 1.29 is 47.9 Å². The molecule has 0 bridgehead atoms. The minimum Gasteiger partial charge on any atom is -0.370 e. The average Bonchev–Trinajstić information content (AvgIpc) is 4.22. The second kappa shape index (κ2) is 29.6. The molecule has 23 nitrogen and oxygen atoms in total. The van der Waals surface area contributed by atoms with Crippen molar-refractivity contribution in [2.75, 3.05) is 6.54 Å². The van der Waals surface area contributed by atoms with E-state index in [0.717, 1.165) is 22.8 Å². The number of aromatic nitrogens is 2. The Labute approximate surface area is 469 Å². The fourth-order valence-corrected chi connectivity index (χ4v) is 9.86. The highest BCUT2D eigenvalue weighted by Gasteiger charge is 2.36. The summed E-state index contributed by atoms with van der Waals surface area (Å²) in [4.78, 5) is 144. The molecule has 0 aliphatic carbocycles. The zero-order valence-electron chi connectivity index (χ0n) is 46.2. The molecule has 0 radical (unpaired) electrons. The van der Waals surface area contributed by atoms with Gasteiger partial charge in [-0.3, -0.25) is 47.9 Å². The van der Waals surface area contributed by atoms with Crippen molar-refractivity contribution in [3.05, 3.63) is 108 Å². The fourth-order valence-electron chi connectivity index (χ4n) is 9.86. The third-order valence-corrected chi connectivity index (χ3v) is 14.1. The van der Waals surface area contributed by atoms with Gasteiger partial charge in [-0.05, 0) is 85.7 Å². The van der Waals surface area contributed by atoms with Crippen LogP contribution in [0.3, 0.4) is 0 Å². The molecule has 1 aliphatic heterocycles. The number of carbonyl (C=O) groups excluding carboxylic acids is 10. The topological polar surface area (TPSA) is 377 Å². The first kappa shape index (κ1) is 61.6. The SMILES string of the molecule is CC(C)C[C@H](NC(=O)[C@H](CC(C)C)NC(=O)[C@@H](Cc1c[nH]c2ccccc12)NC(=O)[C@H](Cc1ccccc1)NC(=O)[C@@H](Cc1c[nH]c2ccccc12)NC(=O)[C@H](CCC(N)=O)NC(=O)[C@H](CCC(N)=O)NC(=O)[C@H]1CCCN1)C(N)=O. The number of nitrogens with one attached hydrogen (secondary N) is 10. The summed E-state index contributed by atoms with van der Waals surface area (Å²) in [7, 11) is 0. The Hall–Kier alpha value is -8.60. The van der Waals surface area contributed by atoms with Crippen LogP contribution in [0, 0.1) is 11.8 Å². The molecule has 434 valence electrons. The van der Waals surface area contributed by atoms with Crippen LogP contribution in [0.4, 0.5) is 0 Å². The zero-order chi connectivity index (χ0) is 58.8. The molecule has 8 atom stereocenters. The quantitative estimate of drug-likeness (QED) is 0.0296. The summed E-state index contributed by atoms with van der Waals surface area (Å²) >= 11 is 0. The monoisotopic (exact) mass is 1120 g/mol. The Morgan fingerprint density at radius 3 is 1.33 bits per heavy atom. The van der Waals surface area contributed by atoms with Gasteiger partial charge >= 0.3 is 0 Å². The van der Waals surface area contributed by atoms with E-state index in [4.69, 9.17) is 17.2 Å². The molecule has 1 saturated heterocycles. The molecule has 5 aromatic rings. The summed E-state index contributed by atoms with van der Waals surface area (Å²) < 4.78 is 0. The van der Waals surface area contributed by atoms with Crippen molar-refractivity contribution in [2.24, 2.45) is 29.0 Å². The number of hydrogen-bond acceptors (Lipinski definition) is 11. The van der Waals surface area contributed by atoms with E-state index in [1.54, 1.807) is 48.8 Å². The molecular weight excluding hydrogens is 1040 g/mol. The molecule has 2 aromatic heterocycles. The van der Waals surface area contributed by atoms with Gasteiger partial charge in [-0.2, -0.15) is 0 Å². The van der Waals surface area contributed by atoms with Crippen molar-refractivity contribution >= 4 is 80.9 Å². The summed E-state index contributed by atoms with van der Waals surface area (Å²) in [6, 6.07) is 13.5. The van der Waals surface area contributed by atoms with Crippen LogP contribution in [0.25, 0.3) is 21.8 Å². The Balaban J connectivity index is 1.33. The summed E-state index contributed by atoms with van der Waals surface area (Å²) in [6.45, 7) is 8.06. The molecule has 16 N–H and O–H groups in total. The van der Waals surface area contributed by atoms with Gasteiger partial charge in [0.05, 0.1) is 6.04 Å². The maximum absolute atomic E-state index is 15.1. The van der Waals surface area contributed by atoms with Gasteiger partial charge in [0.25, 0.3) is 0 Å². The molecule has 6 rings (SSSR count). The van der Waals surface area contributed by atoms with Gasteiger partial charge in [0.15, 0.2) is 0 Å². The number of primary amides is 3. The molecule has 1 fully saturated rings. The van der Waals surface area contributed by atoms with E-state index in [1.807, 2.05) is 70.2 Å². The van der Waals surface area contributed by atoms with Crippen LogP contribution < -0.4 is 59.7 Å². The van der Waals surface area contributed by atoms with Gasteiger partial charge in [-0.25, -0.2) is 0 Å². The first-order valence-corrected chi connectivity index (χ1v) is 27.5. The fraction of sp³-hybridized carbons (Fsp3) is 0.448. The third kappa shape index (κ3) is 18.5. The number of amides is 10. The first-order chi connectivity index (χ1) is 38.6. The molecule has 0 saturated carbocycles. The van der Waals surface area contributed by atoms with Crippen LogP contribution in [0.15, 0.2) is 91.3 Å². The van der Waals surface area contributed by atoms with Crippen molar-refractivity contribution in [3.63, 3.8) is 0 Å². The highest BCUT2D eigenvalue weighted by Crippen LogP contribution is 2.22. The van der Waals surface area contributed by atoms with Gasteiger partial charge in [-0.15, -0.1) is 0 Å². The van der Waals surface area contributed by atoms with E-state index in [-0.39, 0.29) is 69.6 Å². The Morgan fingerprint density at radius 2 is 0.877 bits per heavy atom. The lowest BCUT2D eigenvalue weighted by molar-refractivity contribution is -0.136. The van der Waals surface area contributed by atoms with Crippen LogP contribution in [-0.2, 0) is 67.2 Å². The van der Waals surface area contributed by atoms with Crippen molar-refractivity contribution in [1.29, 1.82) is 0 Å².